The lowest BCUT2D eigenvalue weighted by molar-refractivity contribution is 0.0577. The molecule has 0 amide bonds. The van der Waals surface area contributed by atoms with Crippen LogP contribution in [0.3, 0.4) is 0 Å². The van der Waals surface area contributed by atoms with E-state index in [1.54, 1.807) is 13.4 Å². The summed E-state index contributed by atoms with van der Waals surface area (Å²) in [5.41, 5.74) is 0. The second-order valence-electron chi connectivity index (χ2n) is 4.53. The maximum absolute atomic E-state index is 11.1. The average molecular weight is 233 g/mol. The minimum absolute atomic E-state index is 0.344. The van der Waals surface area contributed by atoms with Gasteiger partial charge in [-0.3, -0.25) is 4.21 Å². The molecule has 0 aromatic heterocycles. The minimum Gasteiger partial charge on any atom is -0.381 e. The Morgan fingerprint density at radius 3 is 2.87 bits per heavy atom. The molecule has 1 aliphatic rings. The molecule has 0 saturated heterocycles. The molecule has 1 rings (SSSR count). The first-order chi connectivity index (χ1) is 7.11. The van der Waals surface area contributed by atoms with Gasteiger partial charge in [-0.25, -0.2) is 0 Å². The third-order valence-electron chi connectivity index (χ3n) is 2.96. The third-order valence-corrected chi connectivity index (χ3v) is 3.93. The van der Waals surface area contributed by atoms with Crippen molar-refractivity contribution in [3.05, 3.63) is 0 Å². The van der Waals surface area contributed by atoms with Gasteiger partial charge in [-0.2, -0.15) is 0 Å². The number of hydrogen-bond donors (Lipinski definition) is 1. The van der Waals surface area contributed by atoms with Gasteiger partial charge in [-0.15, -0.1) is 0 Å². The van der Waals surface area contributed by atoms with E-state index in [0.717, 1.165) is 12.2 Å². The van der Waals surface area contributed by atoms with Gasteiger partial charge in [0.15, 0.2) is 0 Å². The van der Waals surface area contributed by atoms with Crippen LogP contribution in [0.15, 0.2) is 0 Å². The van der Waals surface area contributed by atoms with Gasteiger partial charge in [0, 0.05) is 42.0 Å². The number of nitrogens with one attached hydrogen (secondary N) is 1. The molecule has 0 aliphatic heterocycles. The van der Waals surface area contributed by atoms with Crippen molar-refractivity contribution in [2.24, 2.45) is 0 Å². The third kappa shape index (κ3) is 5.09. The number of ether oxygens (including phenoxy) is 1. The molecule has 1 aliphatic carbocycles. The van der Waals surface area contributed by atoms with E-state index in [0.29, 0.717) is 18.2 Å². The number of rotatable bonds is 5. The van der Waals surface area contributed by atoms with Gasteiger partial charge in [0.2, 0.25) is 0 Å². The summed E-state index contributed by atoms with van der Waals surface area (Å²) in [7, 11) is 1.08. The lowest BCUT2D eigenvalue weighted by Crippen LogP contribution is -2.43. The highest BCUT2D eigenvalue weighted by Crippen LogP contribution is 2.20. The summed E-state index contributed by atoms with van der Waals surface area (Å²) in [6.07, 6.45) is 6.91. The molecule has 0 heterocycles. The predicted octanol–water partition coefficient (Wildman–Crippen LogP) is 1.30. The summed E-state index contributed by atoms with van der Waals surface area (Å²) < 4.78 is 16.4. The normalized spacial score (nSPS) is 31.1. The van der Waals surface area contributed by atoms with E-state index in [-0.39, 0.29) is 0 Å². The molecule has 1 fully saturated rings. The minimum atomic E-state index is -0.704. The van der Waals surface area contributed by atoms with E-state index in [2.05, 4.69) is 12.2 Å². The van der Waals surface area contributed by atoms with Crippen LogP contribution in [0.25, 0.3) is 0 Å². The fourth-order valence-electron chi connectivity index (χ4n) is 2.31. The Labute approximate surface area is 95.4 Å². The second-order valence-corrected chi connectivity index (χ2v) is 6.01. The summed E-state index contributed by atoms with van der Waals surface area (Å²) in [5, 5.41) is 3.54. The summed E-state index contributed by atoms with van der Waals surface area (Å²) in [6, 6.07) is 0.888. The van der Waals surface area contributed by atoms with Crippen LogP contribution in [0, 0.1) is 0 Å². The highest BCUT2D eigenvalue weighted by molar-refractivity contribution is 7.84. The van der Waals surface area contributed by atoms with Crippen LogP contribution in [-0.4, -0.2) is 41.5 Å². The molecule has 0 spiro atoms. The van der Waals surface area contributed by atoms with Crippen LogP contribution >= 0.6 is 0 Å². The van der Waals surface area contributed by atoms with E-state index >= 15 is 0 Å². The molecular weight excluding hydrogens is 210 g/mol. The van der Waals surface area contributed by atoms with Crippen LogP contribution in [-0.2, 0) is 15.5 Å². The van der Waals surface area contributed by atoms with Gasteiger partial charge in [-0.1, -0.05) is 0 Å². The van der Waals surface area contributed by atoms with Gasteiger partial charge in [-0.05, 0) is 32.6 Å². The van der Waals surface area contributed by atoms with Crippen LogP contribution in [0.4, 0.5) is 0 Å². The molecule has 4 atom stereocenters. The van der Waals surface area contributed by atoms with Gasteiger partial charge in [0.1, 0.15) is 0 Å². The van der Waals surface area contributed by atoms with Gasteiger partial charge in [0.05, 0.1) is 6.10 Å². The maximum atomic E-state index is 11.1. The monoisotopic (exact) mass is 233 g/mol. The number of methoxy groups -OCH3 is 1. The lowest BCUT2D eigenvalue weighted by Gasteiger charge is -2.31. The molecule has 0 aromatic rings. The largest absolute Gasteiger partial charge is 0.381 e. The van der Waals surface area contributed by atoms with E-state index in [9.17, 15) is 4.21 Å². The fourth-order valence-corrected chi connectivity index (χ4v) is 3.11. The van der Waals surface area contributed by atoms with Crippen molar-refractivity contribution in [1.82, 2.24) is 5.32 Å². The Morgan fingerprint density at radius 1 is 1.53 bits per heavy atom. The van der Waals surface area contributed by atoms with Crippen molar-refractivity contribution in [1.29, 1.82) is 0 Å². The first-order valence-corrected chi connectivity index (χ1v) is 7.43. The summed E-state index contributed by atoms with van der Waals surface area (Å²) >= 11 is 0. The smallest absolute Gasteiger partial charge is 0.0586 e. The fraction of sp³-hybridized carbons (Fsp3) is 1.00. The van der Waals surface area contributed by atoms with E-state index in [1.807, 2.05) is 0 Å². The summed E-state index contributed by atoms with van der Waals surface area (Å²) in [6.45, 7) is 2.11. The molecule has 15 heavy (non-hydrogen) atoms. The molecule has 3 nitrogen and oxygen atoms in total. The van der Waals surface area contributed by atoms with Crippen molar-refractivity contribution in [3.8, 4) is 0 Å². The first kappa shape index (κ1) is 13.1. The zero-order valence-corrected chi connectivity index (χ0v) is 10.8. The Hall–Kier alpha value is 0.0700. The highest BCUT2D eigenvalue weighted by atomic mass is 32.2. The molecule has 90 valence electrons. The van der Waals surface area contributed by atoms with Crippen molar-refractivity contribution in [3.63, 3.8) is 0 Å². The topological polar surface area (TPSA) is 38.3 Å². The zero-order valence-electron chi connectivity index (χ0n) is 9.99. The lowest BCUT2D eigenvalue weighted by atomic mass is 9.92. The molecule has 0 bridgehead atoms. The molecule has 0 aromatic carbocycles. The molecule has 1 N–H and O–H groups in total. The van der Waals surface area contributed by atoms with Crippen molar-refractivity contribution < 1.29 is 8.95 Å². The SMILES string of the molecule is COC1CCCC(NC(C)CS(C)=O)C1. The second kappa shape index (κ2) is 6.61. The van der Waals surface area contributed by atoms with Gasteiger partial charge >= 0.3 is 0 Å². The summed E-state index contributed by atoms with van der Waals surface area (Å²) in [5.74, 6) is 0.744. The van der Waals surface area contributed by atoms with Gasteiger partial charge in [0.25, 0.3) is 0 Å². The highest BCUT2D eigenvalue weighted by Gasteiger charge is 2.22. The number of hydrogen-bond acceptors (Lipinski definition) is 3. The van der Waals surface area contributed by atoms with Crippen LogP contribution < -0.4 is 5.32 Å². The van der Waals surface area contributed by atoms with Crippen LogP contribution in [0.5, 0.6) is 0 Å². The standard InChI is InChI=1S/C11H23NO2S/c1-9(8-15(3)13)12-10-5-4-6-11(7-10)14-2/h9-12H,4-8H2,1-3H3. The van der Waals surface area contributed by atoms with Crippen LogP contribution in [0.1, 0.15) is 32.6 Å². The average Bonchev–Trinajstić information content (AvgIpc) is 2.16. The zero-order chi connectivity index (χ0) is 11.3. The first-order valence-electron chi connectivity index (χ1n) is 5.70. The Bertz CT molecular complexity index is 211. The van der Waals surface area contributed by atoms with Crippen LogP contribution in [0.2, 0.25) is 0 Å². The molecule has 4 unspecified atom stereocenters. The predicted molar refractivity (Wildman–Crippen MR) is 64.6 cm³/mol. The molecule has 1 saturated carbocycles. The Morgan fingerprint density at radius 2 is 2.27 bits per heavy atom. The van der Waals surface area contributed by atoms with E-state index in [4.69, 9.17) is 4.74 Å². The van der Waals surface area contributed by atoms with Gasteiger partial charge < -0.3 is 10.1 Å². The molecule has 0 radical (unpaired) electrons. The van der Waals surface area contributed by atoms with Crippen molar-refractivity contribution in [2.45, 2.75) is 50.8 Å². The Balaban J connectivity index is 2.27. The summed E-state index contributed by atoms with van der Waals surface area (Å²) in [4.78, 5) is 0. The van der Waals surface area contributed by atoms with E-state index < -0.39 is 10.8 Å². The molecular formula is C11H23NO2S. The molecule has 4 heteroatoms. The van der Waals surface area contributed by atoms with Crippen molar-refractivity contribution in [2.75, 3.05) is 19.1 Å². The van der Waals surface area contributed by atoms with Crippen molar-refractivity contribution >= 4 is 10.8 Å². The quantitative estimate of drug-likeness (QED) is 0.778. The van der Waals surface area contributed by atoms with E-state index in [1.165, 1.54) is 19.3 Å². The Kier molecular flexibility index (Phi) is 5.79. The maximum Gasteiger partial charge on any atom is 0.0586 e.